The van der Waals surface area contributed by atoms with Gasteiger partial charge in [0.25, 0.3) is 5.88 Å². The molecule has 106 valence electrons. The molecule has 0 amide bonds. The molecular weight excluding hydrogens is 240 g/mol. The number of anilines is 1. The first kappa shape index (κ1) is 14.1. The molecule has 0 aliphatic carbocycles. The van der Waals surface area contributed by atoms with Gasteiger partial charge in [0.05, 0.1) is 6.10 Å². The van der Waals surface area contributed by atoms with Gasteiger partial charge in [-0.25, -0.2) is 9.97 Å². The van der Waals surface area contributed by atoms with Gasteiger partial charge >= 0.3 is 0 Å². The molecule has 0 N–H and O–H groups in total. The Morgan fingerprint density at radius 2 is 2.05 bits per heavy atom. The molecule has 1 atom stereocenters. The monoisotopic (exact) mass is 264 g/mol. The lowest BCUT2D eigenvalue weighted by Crippen LogP contribution is -2.45. The van der Waals surface area contributed by atoms with Crippen molar-refractivity contribution in [2.75, 3.05) is 32.1 Å². The standard InChI is InChI=1S/C14H24N4O/c1-11(2)19-14-13(15-7-8-16-14)18-9-5-6-12(10-18)17(3)4/h7-8,11-12H,5-6,9-10H2,1-4H3. The van der Waals surface area contributed by atoms with E-state index in [-0.39, 0.29) is 6.10 Å². The Morgan fingerprint density at radius 3 is 2.74 bits per heavy atom. The van der Waals surface area contributed by atoms with E-state index in [2.05, 4.69) is 33.9 Å². The molecule has 1 saturated heterocycles. The van der Waals surface area contributed by atoms with Crippen molar-refractivity contribution < 1.29 is 4.74 Å². The minimum Gasteiger partial charge on any atom is -0.472 e. The molecule has 1 aliphatic heterocycles. The Hall–Kier alpha value is -1.36. The summed E-state index contributed by atoms with van der Waals surface area (Å²) in [6.45, 7) is 6.03. The van der Waals surface area contributed by atoms with Crippen LogP contribution in [-0.2, 0) is 0 Å². The summed E-state index contributed by atoms with van der Waals surface area (Å²) in [5.41, 5.74) is 0. The largest absolute Gasteiger partial charge is 0.472 e. The third-order valence-corrected chi connectivity index (χ3v) is 3.42. The molecule has 1 aromatic heterocycles. The van der Waals surface area contributed by atoms with E-state index in [1.807, 2.05) is 13.8 Å². The molecule has 19 heavy (non-hydrogen) atoms. The van der Waals surface area contributed by atoms with Crippen molar-refractivity contribution in [3.8, 4) is 5.88 Å². The second kappa shape index (κ2) is 6.19. The summed E-state index contributed by atoms with van der Waals surface area (Å²) in [6.07, 6.45) is 5.96. The molecular formula is C14H24N4O. The fraction of sp³-hybridized carbons (Fsp3) is 0.714. The van der Waals surface area contributed by atoms with Gasteiger partial charge < -0.3 is 14.5 Å². The third-order valence-electron chi connectivity index (χ3n) is 3.42. The fourth-order valence-corrected chi connectivity index (χ4v) is 2.41. The Labute approximate surface area is 115 Å². The summed E-state index contributed by atoms with van der Waals surface area (Å²) >= 11 is 0. The molecule has 2 heterocycles. The smallest absolute Gasteiger partial charge is 0.257 e. The van der Waals surface area contributed by atoms with Crippen molar-refractivity contribution in [2.45, 2.75) is 38.8 Å². The number of ether oxygens (including phenoxy) is 1. The van der Waals surface area contributed by atoms with Crippen molar-refractivity contribution in [3.63, 3.8) is 0 Å². The first-order valence-corrected chi connectivity index (χ1v) is 6.97. The molecule has 0 spiro atoms. The molecule has 1 fully saturated rings. The number of nitrogens with zero attached hydrogens (tertiary/aromatic N) is 4. The van der Waals surface area contributed by atoms with Crippen LogP contribution in [0.15, 0.2) is 12.4 Å². The van der Waals surface area contributed by atoms with Crippen LogP contribution in [0.4, 0.5) is 5.82 Å². The van der Waals surface area contributed by atoms with Gasteiger partial charge in [-0.1, -0.05) is 0 Å². The van der Waals surface area contributed by atoms with E-state index in [9.17, 15) is 0 Å². The highest BCUT2D eigenvalue weighted by Gasteiger charge is 2.25. The molecule has 0 radical (unpaired) electrons. The van der Waals surface area contributed by atoms with Crippen LogP contribution in [0.1, 0.15) is 26.7 Å². The second-order valence-corrected chi connectivity index (χ2v) is 5.56. The van der Waals surface area contributed by atoms with E-state index in [1.165, 1.54) is 12.8 Å². The highest BCUT2D eigenvalue weighted by Crippen LogP contribution is 2.27. The molecule has 0 saturated carbocycles. The average Bonchev–Trinajstić information content (AvgIpc) is 2.39. The Morgan fingerprint density at radius 1 is 1.32 bits per heavy atom. The third kappa shape index (κ3) is 3.56. The number of hydrogen-bond donors (Lipinski definition) is 0. The van der Waals surface area contributed by atoms with Crippen molar-refractivity contribution in [1.29, 1.82) is 0 Å². The maximum atomic E-state index is 5.77. The van der Waals surface area contributed by atoms with Crippen LogP contribution in [0.5, 0.6) is 5.88 Å². The second-order valence-electron chi connectivity index (χ2n) is 5.56. The van der Waals surface area contributed by atoms with Gasteiger partial charge in [-0.15, -0.1) is 0 Å². The van der Waals surface area contributed by atoms with E-state index in [4.69, 9.17) is 4.74 Å². The van der Waals surface area contributed by atoms with Gasteiger partial charge in [-0.2, -0.15) is 0 Å². The van der Waals surface area contributed by atoms with Crippen molar-refractivity contribution in [3.05, 3.63) is 12.4 Å². The van der Waals surface area contributed by atoms with Crippen LogP contribution in [0, 0.1) is 0 Å². The van der Waals surface area contributed by atoms with Gasteiger partial charge in [0.1, 0.15) is 0 Å². The summed E-state index contributed by atoms with van der Waals surface area (Å²) < 4.78 is 5.77. The lowest BCUT2D eigenvalue weighted by Gasteiger charge is -2.37. The number of hydrogen-bond acceptors (Lipinski definition) is 5. The van der Waals surface area contributed by atoms with E-state index >= 15 is 0 Å². The average molecular weight is 264 g/mol. The molecule has 0 bridgehead atoms. The van der Waals surface area contributed by atoms with Crippen molar-refractivity contribution >= 4 is 5.82 Å². The van der Waals surface area contributed by atoms with Crippen LogP contribution < -0.4 is 9.64 Å². The summed E-state index contributed by atoms with van der Waals surface area (Å²) in [5, 5.41) is 0. The zero-order valence-corrected chi connectivity index (χ0v) is 12.3. The Bertz CT molecular complexity index is 408. The number of rotatable bonds is 4. The maximum absolute atomic E-state index is 5.77. The summed E-state index contributed by atoms with van der Waals surface area (Å²) in [7, 11) is 4.27. The normalized spacial score (nSPS) is 20.1. The quantitative estimate of drug-likeness (QED) is 0.829. The number of aromatic nitrogens is 2. The van der Waals surface area contributed by atoms with Crippen molar-refractivity contribution in [1.82, 2.24) is 14.9 Å². The van der Waals surface area contributed by atoms with Gasteiger partial charge in [0.2, 0.25) is 0 Å². The first-order valence-electron chi connectivity index (χ1n) is 6.97. The summed E-state index contributed by atoms with van der Waals surface area (Å²) in [6, 6.07) is 0.572. The highest BCUT2D eigenvalue weighted by atomic mass is 16.5. The van der Waals surface area contributed by atoms with Gasteiger partial charge in [-0.3, -0.25) is 0 Å². The maximum Gasteiger partial charge on any atom is 0.257 e. The predicted octanol–water partition coefficient (Wildman–Crippen LogP) is 1.79. The SMILES string of the molecule is CC(C)Oc1nccnc1N1CCCC(N(C)C)C1. The van der Waals surface area contributed by atoms with E-state index in [0.717, 1.165) is 18.9 Å². The van der Waals surface area contributed by atoms with Crippen LogP contribution in [-0.4, -0.2) is 54.2 Å². The van der Waals surface area contributed by atoms with Gasteiger partial charge in [0, 0.05) is 31.5 Å². The minimum atomic E-state index is 0.116. The van der Waals surface area contributed by atoms with Crippen LogP contribution >= 0.6 is 0 Å². The minimum absolute atomic E-state index is 0.116. The zero-order valence-electron chi connectivity index (χ0n) is 12.3. The van der Waals surface area contributed by atoms with E-state index in [0.29, 0.717) is 11.9 Å². The molecule has 1 unspecified atom stereocenters. The topological polar surface area (TPSA) is 41.5 Å². The molecule has 2 rings (SSSR count). The Balaban J connectivity index is 2.16. The fourth-order valence-electron chi connectivity index (χ4n) is 2.41. The number of likely N-dealkylation sites (N-methyl/N-ethyl adjacent to an activating group) is 1. The molecule has 5 nitrogen and oxygen atoms in total. The summed E-state index contributed by atoms with van der Waals surface area (Å²) in [4.78, 5) is 13.4. The van der Waals surface area contributed by atoms with Gasteiger partial charge in [-0.05, 0) is 40.8 Å². The van der Waals surface area contributed by atoms with Crippen LogP contribution in [0.2, 0.25) is 0 Å². The zero-order chi connectivity index (χ0) is 13.8. The van der Waals surface area contributed by atoms with Crippen LogP contribution in [0.25, 0.3) is 0 Å². The summed E-state index contributed by atoms with van der Waals surface area (Å²) in [5.74, 6) is 1.53. The highest BCUT2D eigenvalue weighted by molar-refractivity contribution is 5.48. The lowest BCUT2D eigenvalue weighted by molar-refractivity contribution is 0.228. The number of piperidine rings is 1. The molecule has 1 aromatic rings. The van der Waals surface area contributed by atoms with E-state index in [1.54, 1.807) is 12.4 Å². The first-order chi connectivity index (χ1) is 9.08. The van der Waals surface area contributed by atoms with Crippen molar-refractivity contribution in [2.24, 2.45) is 0 Å². The van der Waals surface area contributed by atoms with E-state index < -0.39 is 0 Å². The molecule has 0 aromatic carbocycles. The molecule has 5 heteroatoms. The molecule has 1 aliphatic rings. The lowest BCUT2D eigenvalue weighted by atomic mass is 10.1. The predicted molar refractivity (Wildman–Crippen MR) is 76.7 cm³/mol. The van der Waals surface area contributed by atoms with Crippen LogP contribution in [0.3, 0.4) is 0 Å². The Kier molecular flexibility index (Phi) is 4.58. The van der Waals surface area contributed by atoms with Gasteiger partial charge in [0.15, 0.2) is 5.82 Å².